The van der Waals surface area contributed by atoms with Crippen LogP contribution in [-0.2, 0) is 6.42 Å². The van der Waals surface area contributed by atoms with Gasteiger partial charge in [0.2, 0.25) is 0 Å². The third-order valence-electron chi connectivity index (χ3n) is 2.56. The van der Waals surface area contributed by atoms with E-state index in [9.17, 15) is 5.11 Å². The van der Waals surface area contributed by atoms with Crippen LogP contribution in [0.1, 0.15) is 18.9 Å². The summed E-state index contributed by atoms with van der Waals surface area (Å²) in [6.07, 6.45) is 1.43. The zero-order valence-electron chi connectivity index (χ0n) is 10.1. The van der Waals surface area contributed by atoms with Gasteiger partial charge in [-0.1, -0.05) is 19.1 Å². The van der Waals surface area contributed by atoms with Crippen molar-refractivity contribution in [2.75, 3.05) is 20.2 Å². The normalized spacial score (nSPS) is 12.4. The van der Waals surface area contributed by atoms with Gasteiger partial charge in [0, 0.05) is 6.54 Å². The molecule has 0 aliphatic heterocycles. The lowest BCUT2D eigenvalue weighted by molar-refractivity contribution is 0.163. The number of hydrogen-bond donors (Lipinski definition) is 2. The maximum atomic E-state index is 9.66. The minimum Gasteiger partial charge on any atom is -0.497 e. The highest BCUT2D eigenvalue weighted by atomic mass is 16.5. The summed E-state index contributed by atoms with van der Waals surface area (Å²) in [6, 6.07) is 7.98. The molecule has 1 rings (SSSR count). The number of aryl methyl sites for hydroxylation is 1. The molecular formula is C13H21NO2. The first-order valence-corrected chi connectivity index (χ1v) is 5.78. The van der Waals surface area contributed by atoms with E-state index in [1.54, 1.807) is 7.11 Å². The molecule has 90 valence electrons. The lowest BCUT2D eigenvalue weighted by atomic mass is 10.1. The number of rotatable bonds is 7. The predicted molar refractivity (Wildman–Crippen MR) is 65.9 cm³/mol. The SMILES string of the molecule is CCNCC(O)CCc1ccc(OC)cc1. The van der Waals surface area contributed by atoms with E-state index in [-0.39, 0.29) is 6.10 Å². The molecule has 0 bridgehead atoms. The number of nitrogens with one attached hydrogen (secondary N) is 1. The Morgan fingerprint density at radius 1 is 1.31 bits per heavy atom. The summed E-state index contributed by atoms with van der Waals surface area (Å²) < 4.78 is 5.09. The topological polar surface area (TPSA) is 41.5 Å². The van der Waals surface area contributed by atoms with Gasteiger partial charge in [-0.2, -0.15) is 0 Å². The van der Waals surface area contributed by atoms with Crippen molar-refractivity contribution in [1.29, 1.82) is 0 Å². The highest BCUT2D eigenvalue weighted by Gasteiger charge is 2.03. The first-order chi connectivity index (χ1) is 7.76. The van der Waals surface area contributed by atoms with Crippen LogP contribution in [0.2, 0.25) is 0 Å². The Morgan fingerprint density at radius 3 is 2.56 bits per heavy atom. The van der Waals surface area contributed by atoms with Gasteiger partial charge in [0.25, 0.3) is 0 Å². The largest absolute Gasteiger partial charge is 0.497 e. The molecule has 0 saturated heterocycles. The van der Waals surface area contributed by atoms with Gasteiger partial charge in [0.15, 0.2) is 0 Å². The molecule has 0 aliphatic rings. The molecule has 0 fully saturated rings. The minimum absolute atomic E-state index is 0.262. The molecule has 2 N–H and O–H groups in total. The Bertz CT molecular complexity index is 284. The predicted octanol–water partition coefficient (Wildman–Crippen LogP) is 1.60. The standard InChI is InChI=1S/C13H21NO2/c1-3-14-10-12(15)7-4-11-5-8-13(16-2)9-6-11/h5-6,8-9,12,14-15H,3-4,7,10H2,1-2H3. The van der Waals surface area contributed by atoms with Gasteiger partial charge in [0.1, 0.15) is 5.75 Å². The Labute approximate surface area is 97.4 Å². The van der Waals surface area contributed by atoms with E-state index in [1.165, 1.54) is 5.56 Å². The van der Waals surface area contributed by atoms with Crippen molar-refractivity contribution in [2.45, 2.75) is 25.9 Å². The van der Waals surface area contributed by atoms with Crippen LogP contribution in [0.4, 0.5) is 0 Å². The zero-order chi connectivity index (χ0) is 11.8. The highest BCUT2D eigenvalue weighted by Crippen LogP contribution is 2.13. The third-order valence-corrected chi connectivity index (χ3v) is 2.56. The molecule has 3 heteroatoms. The van der Waals surface area contributed by atoms with Crippen molar-refractivity contribution < 1.29 is 9.84 Å². The van der Waals surface area contributed by atoms with Crippen LogP contribution in [-0.4, -0.2) is 31.4 Å². The Morgan fingerprint density at radius 2 is 2.00 bits per heavy atom. The fraction of sp³-hybridized carbons (Fsp3) is 0.538. The van der Waals surface area contributed by atoms with E-state index in [1.807, 2.05) is 31.2 Å². The summed E-state index contributed by atoms with van der Waals surface area (Å²) in [5.74, 6) is 0.872. The van der Waals surface area contributed by atoms with Gasteiger partial charge in [-0.25, -0.2) is 0 Å². The smallest absolute Gasteiger partial charge is 0.118 e. The molecule has 0 radical (unpaired) electrons. The number of aliphatic hydroxyl groups is 1. The van der Waals surface area contributed by atoms with Crippen LogP contribution < -0.4 is 10.1 Å². The van der Waals surface area contributed by atoms with Crippen LogP contribution in [0, 0.1) is 0 Å². The second-order valence-corrected chi connectivity index (χ2v) is 3.85. The van der Waals surface area contributed by atoms with Crippen LogP contribution in [0.25, 0.3) is 0 Å². The fourth-order valence-corrected chi connectivity index (χ4v) is 1.54. The van der Waals surface area contributed by atoms with Crippen molar-refractivity contribution in [2.24, 2.45) is 0 Å². The first kappa shape index (κ1) is 13.0. The van der Waals surface area contributed by atoms with Crippen molar-refractivity contribution >= 4 is 0 Å². The van der Waals surface area contributed by atoms with Gasteiger partial charge in [-0.3, -0.25) is 0 Å². The van der Waals surface area contributed by atoms with Gasteiger partial charge in [-0.15, -0.1) is 0 Å². The number of likely N-dealkylation sites (N-methyl/N-ethyl adjacent to an activating group) is 1. The average Bonchev–Trinajstić information content (AvgIpc) is 2.34. The summed E-state index contributed by atoms with van der Waals surface area (Å²) in [6.45, 7) is 3.61. The number of methoxy groups -OCH3 is 1. The average molecular weight is 223 g/mol. The summed E-state index contributed by atoms with van der Waals surface area (Å²) >= 11 is 0. The fourth-order valence-electron chi connectivity index (χ4n) is 1.54. The lowest BCUT2D eigenvalue weighted by Crippen LogP contribution is -2.26. The number of benzene rings is 1. The Balaban J connectivity index is 2.30. The number of aliphatic hydroxyl groups excluding tert-OH is 1. The molecule has 0 aromatic heterocycles. The highest BCUT2D eigenvalue weighted by molar-refractivity contribution is 5.27. The van der Waals surface area contributed by atoms with E-state index >= 15 is 0 Å². The monoisotopic (exact) mass is 223 g/mol. The Hall–Kier alpha value is -1.06. The van der Waals surface area contributed by atoms with E-state index in [0.29, 0.717) is 6.54 Å². The second kappa shape index (κ2) is 7.25. The van der Waals surface area contributed by atoms with Crippen LogP contribution in [0.15, 0.2) is 24.3 Å². The third kappa shape index (κ3) is 4.64. The maximum Gasteiger partial charge on any atom is 0.118 e. The van der Waals surface area contributed by atoms with Crippen molar-refractivity contribution in [3.63, 3.8) is 0 Å². The molecule has 1 atom stereocenters. The molecular weight excluding hydrogens is 202 g/mol. The molecule has 1 aromatic carbocycles. The molecule has 3 nitrogen and oxygen atoms in total. The summed E-state index contributed by atoms with van der Waals surface area (Å²) in [5.41, 5.74) is 1.23. The maximum absolute atomic E-state index is 9.66. The molecule has 1 unspecified atom stereocenters. The molecule has 0 spiro atoms. The summed E-state index contributed by atoms with van der Waals surface area (Å²) in [5, 5.41) is 12.8. The molecule has 0 aliphatic carbocycles. The quantitative estimate of drug-likeness (QED) is 0.737. The molecule has 1 aromatic rings. The van der Waals surface area contributed by atoms with Gasteiger partial charge in [0.05, 0.1) is 13.2 Å². The summed E-state index contributed by atoms with van der Waals surface area (Å²) in [4.78, 5) is 0. The van der Waals surface area contributed by atoms with E-state index in [0.717, 1.165) is 25.1 Å². The molecule has 0 amide bonds. The first-order valence-electron chi connectivity index (χ1n) is 5.78. The molecule has 0 saturated carbocycles. The van der Waals surface area contributed by atoms with E-state index in [2.05, 4.69) is 5.32 Å². The van der Waals surface area contributed by atoms with Gasteiger partial charge in [-0.05, 0) is 37.1 Å². The second-order valence-electron chi connectivity index (χ2n) is 3.85. The van der Waals surface area contributed by atoms with E-state index < -0.39 is 0 Å². The van der Waals surface area contributed by atoms with Crippen LogP contribution >= 0.6 is 0 Å². The van der Waals surface area contributed by atoms with Gasteiger partial charge < -0.3 is 15.2 Å². The lowest BCUT2D eigenvalue weighted by Gasteiger charge is -2.10. The zero-order valence-corrected chi connectivity index (χ0v) is 10.1. The van der Waals surface area contributed by atoms with Gasteiger partial charge >= 0.3 is 0 Å². The molecule has 16 heavy (non-hydrogen) atoms. The van der Waals surface area contributed by atoms with Crippen molar-refractivity contribution in [3.05, 3.63) is 29.8 Å². The van der Waals surface area contributed by atoms with Crippen LogP contribution in [0.3, 0.4) is 0 Å². The minimum atomic E-state index is -0.262. The van der Waals surface area contributed by atoms with Crippen molar-refractivity contribution in [3.8, 4) is 5.75 Å². The Kier molecular flexibility index (Phi) is 5.90. The molecule has 0 heterocycles. The number of hydrogen-bond acceptors (Lipinski definition) is 3. The number of ether oxygens (including phenoxy) is 1. The summed E-state index contributed by atoms with van der Waals surface area (Å²) in [7, 11) is 1.66. The van der Waals surface area contributed by atoms with Crippen LogP contribution in [0.5, 0.6) is 5.75 Å². The van der Waals surface area contributed by atoms with Crippen molar-refractivity contribution in [1.82, 2.24) is 5.32 Å². The van der Waals surface area contributed by atoms with E-state index in [4.69, 9.17) is 4.74 Å².